The van der Waals surface area contributed by atoms with Crippen molar-refractivity contribution in [3.8, 4) is 0 Å². The molecule has 1 saturated carbocycles. The van der Waals surface area contributed by atoms with E-state index in [4.69, 9.17) is 0 Å². The molecule has 94 valence electrons. The number of benzene rings is 1. The Kier molecular flexibility index (Phi) is 4.67. The third-order valence-electron chi connectivity index (χ3n) is 3.75. The van der Waals surface area contributed by atoms with E-state index >= 15 is 0 Å². The highest BCUT2D eigenvalue weighted by atomic mass is 79.9. The molecule has 0 amide bonds. The summed E-state index contributed by atoms with van der Waals surface area (Å²) in [6.45, 7) is 4.60. The van der Waals surface area contributed by atoms with Crippen LogP contribution < -0.4 is 5.32 Å². The molecule has 1 nitrogen and oxygen atoms in total. The van der Waals surface area contributed by atoms with E-state index in [1.54, 1.807) is 0 Å². The average molecular weight is 361 g/mol. The molecule has 1 aliphatic carbocycles. The Bertz CT molecular complexity index is 392. The molecule has 0 heterocycles. The van der Waals surface area contributed by atoms with Crippen LogP contribution in [0.25, 0.3) is 0 Å². The van der Waals surface area contributed by atoms with Crippen LogP contribution in [-0.2, 0) is 0 Å². The second-order valence-electron chi connectivity index (χ2n) is 5.07. The minimum absolute atomic E-state index is 0.406. The second kappa shape index (κ2) is 5.85. The van der Waals surface area contributed by atoms with Crippen molar-refractivity contribution in [2.45, 2.75) is 45.2 Å². The van der Waals surface area contributed by atoms with Crippen LogP contribution in [-0.4, -0.2) is 6.04 Å². The van der Waals surface area contributed by atoms with Gasteiger partial charge < -0.3 is 5.32 Å². The van der Waals surface area contributed by atoms with Gasteiger partial charge in [0.1, 0.15) is 0 Å². The summed E-state index contributed by atoms with van der Waals surface area (Å²) >= 11 is 7.13. The summed E-state index contributed by atoms with van der Waals surface area (Å²) in [4.78, 5) is 0. The number of hydrogen-bond acceptors (Lipinski definition) is 1. The van der Waals surface area contributed by atoms with E-state index in [-0.39, 0.29) is 0 Å². The van der Waals surface area contributed by atoms with Crippen molar-refractivity contribution < 1.29 is 0 Å². The quantitative estimate of drug-likeness (QED) is 0.795. The molecule has 0 spiro atoms. The molecule has 0 saturated heterocycles. The Morgan fingerprint density at radius 3 is 2.65 bits per heavy atom. The van der Waals surface area contributed by atoms with Gasteiger partial charge in [-0.15, -0.1) is 0 Å². The molecule has 2 rings (SSSR count). The van der Waals surface area contributed by atoms with Gasteiger partial charge in [0.05, 0.1) is 0 Å². The summed E-state index contributed by atoms with van der Waals surface area (Å²) in [7, 11) is 0. The average Bonchev–Trinajstić information content (AvgIpc) is 2.64. The van der Waals surface area contributed by atoms with E-state index in [0.717, 1.165) is 10.4 Å². The zero-order valence-electron chi connectivity index (χ0n) is 10.3. The minimum atomic E-state index is 0.406. The smallest absolute Gasteiger partial charge is 0.0305 e. The van der Waals surface area contributed by atoms with Crippen molar-refractivity contribution in [1.29, 1.82) is 0 Å². The molecular formula is C14H19Br2N. The topological polar surface area (TPSA) is 12.0 Å². The van der Waals surface area contributed by atoms with Gasteiger partial charge in [-0.05, 0) is 43.4 Å². The Morgan fingerprint density at radius 1 is 1.29 bits per heavy atom. The monoisotopic (exact) mass is 359 g/mol. The van der Waals surface area contributed by atoms with Crippen LogP contribution in [0.15, 0.2) is 27.1 Å². The number of nitrogens with one attached hydrogen (secondary N) is 1. The largest absolute Gasteiger partial charge is 0.307 e. The van der Waals surface area contributed by atoms with Crippen molar-refractivity contribution >= 4 is 31.9 Å². The first kappa shape index (κ1) is 13.6. The molecular weight excluding hydrogens is 342 g/mol. The van der Waals surface area contributed by atoms with E-state index in [1.807, 2.05) is 0 Å². The molecule has 1 aromatic rings. The molecule has 0 radical (unpaired) electrons. The summed E-state index contributed by atoms with van der Waals surface area (Å²) in [6, 6.07) is 7.50. The molecule has 1 aromatic carbocycles. The predicted molar refractivity (Wildman–Crippen MR) is 80.2 cm³/mol. The van der Waals surface area contributed by atoms with Crippen molar-refractivity contribution in [3.63, 3.8) is 0 Å². The van der Waals surface area contributed by atoms with Gasteiger partial charge in [0.25, 0.3) is 0 Å². The number of rotatable bonds is 3. The maximum Gasteiger partial charge on any atom is 0.0305 e. The van der Waals surface area contributed by atoms with Gasteiger partial charge in [0, 0.05) is 21.0 Å². The third-order valence-corrected chi connectivity index (χ3v) is 4.93. The zero-order valence-corrected chi connectivity index (χ0v) is 13.5. The van der Waals surface area contributed by atoms with E-state index in [9.17, 15) is 0 Å². The number of halogens is 2. The highest BCUT2D eigenvalue weighted by molar-refractivity contribution is 9.11. The summed E-state index contributed by atoms with van der Waals surface area (Å²) in [5, 5.41) is 3.76. The van der Waals surface area contributed by atoms with Crippen LogP contribution in [0.3, 0.4) is 0 Å². The van der Waals surface area contributed by atoms with Crippen LogP contribution in [0.5, 0.6) is 0 Å². The van der Waals surface area contributed by atoms with Gasteiger partial charge in [-0.25, -0.2) is 0 Å². The first-order chi connectivity index (χ1) is 8.08. The van der Waals surface area contributed by atoms with Crippen LogP contribution in [0.2, 0.25) is 0 Å². The molecule has 0 aliphatic heterocycles. The molecule has 3 heteroatoms. The second-order valence-corrected chi connectivity index (χ2v) is 6.84. The van der Waals surface area contributed by atoms with Crippen molar-refractivity contribution in [2.24, 2.45) is 5.92 Å². The van der Waals surface area contributed by atoms with Gasteiger partial charge in [0.15, 0.2) is 0 Å². The van der Waals surface area contributed by atoms with Gasteiger partial charge in [-0.1, -0.05) is 51.3 Å². The highest BCUT2D eigenvalue weighted by Crippen LogP contribution is 2.30. The van der Waals surface area contributed by atoms with Crippen LogP contribution in [0, 0.1) is 5.92 Å². The zero-order chi connectivity index (χ0) is 12.4. The lowest BCUT2D eigenvalue weighted by Gasteiger charge is -2.24. The fourth-order valence-electron chi connectivity index (χ4n) is 2.66. The van der Waals surface area contributed by atoms with E-state index < -0.39 is 0 Å². The van der Waals surface area contributed by atoms with Gasteiger partial charge in [0.2, 0.25) is 0 Å². The van der Waals surface area contributed by atoms with Crippen LogP contribution >= 0.6 is 31.9 Å². The van der Waals surface area contributed by atoms with Gasteiger partial charge >= 0.3 is 0 Å². The van der Waals surface area contributed by atoms with Gasteiger partial charge in [-0.3, -0.25) is 0 Å². The Hall–Kier alpha value is 0.140. The van der Waals surface area contributed by atoms with E-state index in [1.165, 1.54) is 29.3 Å². The van der Waals surface area contributed by atoms with Crippen LogP contribution in [0.1, 0.15) is 44.7 Å². The molecule has 1 fully saturated rings. The van der Waals surface area contributed by atoms with Gasteiger partial charge in [-0.2, -0.15) is 0 Å². The lowest BCUT2D eigenvalue weighted by molar-refractivity contribution is 0.388. The normalized spacial score (nSPS) is 26.1. The Balaban J connectivity index is 2.06. The lowest BCUT2D eigenvalue weighted by Crippen LogP contribution is -2.33. The fraction of sp³-hybridized carbons (Fsp3) is 0.571. The molecule has 0 aromatic heterocycles. The minimum Gasteiger partial charge on any atom is -0.307 e. The molecule has 3 atom stereocenters. The standard InChI is InChI=1S/C14H19Br2N/c1-9-4-3-5-14(9)17-10(2)12-7-6-11(15)8-13(12)16/h6-10,14,17H,3-5H2,1-2H3. The highest BCUT2D eigenvalue weighted by Gasteiger charge is 2.25. The maximum absolute atomic E-state index is 3.76. The predicted octanol–water partition coefficient (Wildman–Crippen LogP) is 5.05. The third kappa shape index (κ3) is 3.33. The lowest BCUT2D eigenvalue weighted by atomic mass is 10.0. The van der Waals surface area contributed by atoms with Crippen molar-refractivity contribution in [2.75, 3.05) is 0 Å². The molecule has 0 bridgehead atoms. The molecule has 3 unspecified atom stereocenters. The first-order valence-electron chi connectivity index (χ1n) is 6.29. The fourth-order valence-corrected chi connectivity index (χ4v) is 4.05. The summed E-state index contributed by atoms with van der Waals surface area (Å²) in [6.07, 6.45) is 4.05. The molecule has 17 heavy (non-hydrogen) atoms. The summed E-state index contributed by atoms with van der Waals surface area (Å²) in [5.41, 5.74) is 1.34. The van der Waals surface area contributed by atoms with E-state index in [2.05, 4.69) is 69.2 Å². The van der Waals surface area contributed by atoms with Crippen LogP contribution in [0.4, 0.5) is 0 Å². The Morgan fingerprint density at radius 2 is 2.06 bits per heavy atom. The SMILES string of the molecule is CC(NC1CCCC1C)c1ccc(Br)cc1Br. The summed E-state index contributed by atoms with van der Waals surface area (Å²) in [5.74, 6) is 0.812. The van der Waals surface area contributed by atoms with Crippen molar-refractivity contribution in [3.05, 3.63) is 32.7 Å². The molecule has 1 N–H and O–H groups in total. The molecule has 1 aliphatic rings. The first-order valence-corrected chi connectivity index (χ1v) is 7.87. The van der Waals surface area contributed by atoms with E-state index in [0.29, 0.717) is 12.1 Å². The van der Waals surface area contributed by atoms with Crippen molar-refractivity contribution in [1.82, 2.24) is 5.32 Å². The summed E-state index contributed by atoms with van der Waals surface area (Å²) < 4.78 is 2.30. The Labute approximate surface area is 121 Å². The number of hydrogen-bond donors (Lipinski definition) is 1. The maximum atomic E-state index is 3.76.